The summed E-state index contributed by atoms with van der Waals surface area (Å²) in [5, 5.41) is 2.98. The minimum atomic E-state index is -0.634. The Balaban J connectivity index is 2.37. The van der Waals surface area contributed by atoms with Crippen molar-refractivity contribution in [2.75, 3.05) is 7.05 Å². The topological polar surface area (TPSA) is 12.0 Å². The monoisotopic (exact) mass is 313 g/mol. The lowest BCUT2D eigenvalue weighted by atomic mass is 9.97. The first-order valence-corrected chi connectivity index (χ1v) is 6.87. The van der Waals surface area contributed by atoms with Crippen LogP contribution in [0.25, 0.3) is 0 Å². The van der Waals surface area contributed by atoms with Crippen molar-refractivity contribution < 1.29 is 13.2 Å². The highest BCUT2D eigenvalue weighted by Crippen LogP contribution is 2.28. The van der Waals surface area contributed by atoms with Crippen LogP contribution in [-0.4, -0.2) is 7.05 Å². The van der Waals surface area contributed by atoms with Crippen LogP contribution < -0.4 is 5.32 Å². The van der Waals surface area contributed by atoms with Gasteiger partial charge in [0.25, 0.3) is 0 Å². The third kappa shape index (κ3) is 3.39. The van der Waals surface area contributed by atoms with Crippen LogP contribution in [0.15, 0.2) is 30.3 Å². The first-order valence-electron chi connectivity index (χ1n) is 6.49. The largest absolute Gasteiger partial charge is 0.313 e. The molecule has 0 radical (unpaired) electrons. The highest BCUT2D eigenvalue weighted by Gasteiger charge is 2.18. The van der Waals surface area contributed by atoms with E-state index in [0.717, 1.165) is 6.07 Å². The molecule has 2 rings (SSSR count). The van der Waals surface area contributed by atoms with Crippen LogP contribution in [0.3, 0.4) is 0 Å². The van der Waals surface area contributed by atoms with Crippen LogP contribution in [0.4, 0.5) is 13.2 Å². The Morgan fingerprint density at radius 1 is 1.10 bits per heavy atom. The average molecular weight is 314 g/mol. The Hall–Kier alpha value is -1.52. The van der Waals surface area contributed by atoms with Gasteiger partial charge in [0, 0.05) is 17.7 Å². The van der Waals surface area contributed by atoms with Gasteiger partial charge in [0.2, 0.25) is 0 Å². The number of hydrogen-bond acceptors (Lipinski definition) is 1. The van der Waals surface area contributed by atoms with Crippen molar-refractivity contribution in [2.24, 2.45) is 0 Å². The smallest absolute Gasteiger partial charge is 0.142 e. The molecule has 0 fully saturated rings. The van der Waals surface area contributed by atoms with Crippen molar-refractivity contribution in [1.82, 2.24) is 5.32 Å². The van der Waals surface area contributed by atoms with Crippen LogP contribution in [0, 0.1) is 24.4 Å². The first kappa shape index (κ1) is 15.9. The maximum absolute atomic E-state index is 14.0. The maximum atomic E-state index is 14.0. The predicted molar refractivity (Wildman–Crippen MR) is 78.0 cm³/mol. The van der Waals surface area contributed by atoms with Gasteiger partial charge in [-0.15, -0.1) is 0 Å². The Labute approximate surface area is 126 Å². The van der Waals surface area contributed by atoms with Gasteiger partial charge in [0.15, 0.2) is 0 Å². The van der Waals surface area contributed by atoms with E-state index in [9.17, 15) is 13.2 Å². The molecule has 2 aromatic rings. The van der Waals surface area contributed by atoms with E-state index in [1.54, 1.807) is 26.1 Å². The van der Waals surface area contributed by atoms with Gasteiger partial charge >= 0.3 is 0 Å². The fourth-order valence-electron chi connectivity index (χ4n) is 2.24. The molecule has 1 unspecified atom stereocenters. The molecule has 0 aliphatic heterocycles. The van der Waals surface area contributed by atoms with Gasteiger partial charge in [-0.25, -0.2) is 13.2 Å². The number of aryl methyl sites for hydroxylation is 1. The van der Waals surface area contributed by atoms with E-state index in [2.05, 4.69) is 5.32 Å². The van der Waals surface area contributed by atoms with Crippen LogP contribution in [0.5, 0.6) is 0 Å². The van der Waals surface area contributed by atoms with E-state index in [-0.39, 0.29) is 5.02 Å². The number of likely N-dealkylation sites (N-methyl/N-ethyl adjacent to an activating group) is 1. The van der Waals surface area contributed by atoms with Gasteiger partial charge in [-0.3, -0.25) is 0 Å². The molecule has 0 amide bonds. The summed E-state index contributed by atoms with van der Waals surface area (Å²) in [5.41, 5.74) is 1.26. The molecule has 0 aliphatic rings. The Morgan fingerprint density at radius 2 is 1.81 bits per heavy atom. The lowest BCUT2D eigenvalue weighted by molar-refractivity contribution is 0.518. The van der Waals surface area contributed by atoms with Gasteiger partial charge in [-0.1, -0.05) is 23.7 Å². The van der Waals surface area contributed by atoms with Gasteiger partial charge in [0.05, 0.1) is 5.02 Å². The fraction of sp³-hybridized carbons (Fsp3) is 0.250. The molecule has 112 valence electrons. The van der Waals surface area contributed by atoms with E-state index >= 15 is 0 Å². The van der Waals surface area contributed by atoms with Crippen LogP contribution in [0.2, 0.25) is 5.02 Å². The van der Waals surface area contributed by atoms with Crippen LogP contribution >= 0.6 is 11.6 Å². The molecule has 0 heterocycles. The highest BCUT2D eigenvalue weighted by molar-refractivity contribution is 6.31. The predicted octanol–water partition coefficient (Wildman–Crippen LogP) is 4.57. The average Bonchev–Trinajstić information content (AvgIpc) is 2.45. The molecule has 0 saturated carbocycles. The van der Waals surface area contributed by atoms with Gasteiger partial charge in [0.1, 0.15) is 17.5 Å². The summed E-state index contributed by atoms with van der Waals surface area (Å²) >= 11 is 5.92. The molecule has 0 aromatic heterocycles. The minimum absolute atomic E-state index is 0.0250. The van der Waals surface area contributed by atoms with Gasteiger partial charge < -0.3 is 5.32 Å². The lowest BCUT2D eigenvalue weighted by Gasteiger charge is -2.19. The second-order valence-corrected chi connectivity index (χ2v) is 5.26. The molecule has 2 aromatic carbocycles. The lowest BCUT2D eigenvalue weighted by Crippen LogP contribution is -2.20. The van der Waals surface area contributed by atoms with E-state index in [1.807, 2.05) is 0 Å². The zero-order valence-corrected chi connectivity index (χ0v) is 12.4. The van der Waals surface area contributed by atoms with E-state index in [0.29, 0.717) is 23.1 Å². The van der Waals surface area contributed by atoms with Crippen molar-refractivity contribution in [3.8, 4) is 0 Å². The minimum Gasteiger partial charge on any atom is -0.313 e. The third-order valence-electron chi connectivity index (χ3n) is 3.46. The van der Waals surface area contributed by atoms with E-state index < -0.39 is 23.5 Å². The summed E-state index contributed by atoms with van der Waals surface area (Å²) in [7, 11) is 1.66. The quantitative estimate of drug-likeness (QED) is 0.872. The first-order chi connectivity index (χ1) is 9.93. The second kappa shape index (κ2) is 6.50. The highest BCUT2D eigenvalue weighted by atomic mass is 35.5. The molecule has 5 heteroatoms. The number of benzene rings is 2. The Kier molecular flexibility index (Phi) is 4.91. The molecule has 1 atom stereocenters. The number of rotatable bonds is 4. The SMILES string of the molecule is CNC(Cc1cccc(F)c1Cl)c1cc(C)c(F)cc1F. The Bertz CT molecular complexity index is 658. The second-order valence-electron chi connectivity index (χ2n) is 4.88. The summed E-state index contributed by atoms with van der Waals surface area (Å²) in [6.45, 7) is 1.57. The molecule has 0 saturated heterocycles. The molecular weight excluding hydrogens is 299 g/mol. The summed E-state index contributed by atoms with van der Waals surface area (Å²) < 4.78 is 40.8. The summed E-state index contributed by atoms with van der Waals surface area (Å²) in [6.07, 6.45) is 0.301. The van der Waals surface area contributed by atoms with Gasteiger partial charge in [-0.2, -0.15) is 0 Å². The molecular formula is C16H15ClF3N. The van der Waals surface area contributed by atoms with Crippen molar-refractivity contribution in [3.05, 3.63) is 69.5 Å². The van der Waals surface area contributed by atoms with Gasteiger partial charge in [-0.05, 0) is 43.7 Å². The molecule has 0 spiro atoms. The van der Waals surface area contributed by atoms with E-state index in [4.69, 9.17) is 11.6 Å². The summed E-state index contributed by atoms with van der Waals surface area (Å²) in [5.74, 6) is -1.74. The zero-order valence-electron chi connectivity index (χ0n) is 11.7. The number of hydrogen-bond donors (Lipinski definition) is 1. The molecule has 21 heavy (non-hydrogen) atoms. The normalized spacial score (nSPS) is 12.5. The standard InChI is InChI=1S/C16H15ClF3N/c1-9-6-11(14(20)8-13(9)19)15(21-2)7-10-4-3-5-12(18)16(10)17/h3-6,8,15,21H,7H2,1-2H3. The van der Waals surface area contributed by atoms with Crippen molar-refractivity contribution >= 4 is 11.6 Å². The van der Waals surface area contributed by atoms with Crippen LogP contribution in [0.1, 0.15) is 22.7 Å². The molecule has 1 N–H and O–H groups in total. The van der Waals surface area contributed by atoms with Crippen molar-refractivity contribution in [1.29, 1.82) is 0 Å². The maximum Gasteiger partial charge on any atom is 0.142 e. The summed E-state index contributed by atoms with van der Waals surface area (Å²) in [4.78, 5) is 0. The summed E-state index contributed by atoms with van der Waals surface area (Å²) in [6, 6.07) is 6.40. The van der Waals surface area contributed by atoms with Crippen LogP contribution in [-0.2, 0) is 6.42 Å². The third-order valence-corrected chi connectivity index (χ3v) is 3.88. The van der Waals surface area contributed by atoms with Crippen molar-refractivity contribution in [3.63, 3.8) is 0 Å². The molecule has 1 nitrogen and oxygen atoms in total. The Morgan fingerprint density at radius 3 is 2.48 bits per heavy atom. The number of halogens is 4. The van der Waals surface area contributed by atoms with Crippen molar-refractivity contribution in [2.45, 2.75) is 19.4 Å². The number of nitrogens with one attached hydrogen (secondary N) is 1. The zero-order chi connectivity index (χ0) is 15.6. The molecule has 0 aliphatic carbocycles. The fourth-order valence-corrected chi connectivity index (χ4v) is 2.44. The van der Waals surface area contributed by atoms with E-state index in [1.165, 1.54) is 12.1 Å². The molecule has 0 bridgehead atoms.